The third-order valence-electron chi connectivity index (χ3n) is 1.53. The first-order valence-electron chi connectivity index (χ1n) is 5.70. The average molecular weight is 256 g/mol. The Kier molecular flexibility index (Phi) is 23.5. The molecule has 0 aromatic carbocycles. The fourth-order valence-corrected chi connectivity index (χ4v) is 0.224. The van der Waals surface area contributed by atoms with Gasteiger partial charge >= 0.3 is 0 Å². The van der Waals surface area contributed by atoms with Crippen LogP contribution in [0.4, 0.5) is 0 Å². The van der Waals surface area contributed by atoms with Gasteiger partial charge in [0.2, 0.25) is 0 Å². The highest BCUT2D eigenvalue weighted by Crippen LogP contribution is 1.85. The summed E-state index contributed by atoms with van der Waals surface area (Å²) in [6.07, 6.45) is -0.308. The van der Waals surface area contributed by atoms with Crippen LogP contribution in [0.25, 0.3) is 0 Å². The van der Waals surface area contributed by atoms with E-state index in [-0.39, 0.29) is 19.8 Å². The number of aliphatic hydroxyl groups is 6. The molecule has 0 aliphatic heterocycles. The SMILES string of the molecule is CC(O)C(C)O.CC(O)CO.OCCCCO. The molecular weight excluding hydrogens is 228 g/mol. The molecule has 0 rings (SSSR count). The van der Waals surface area contributed by atoms with Gasteiger partial charge in [0.1, 0.15) is 0 Å². The summed E-state index contributed by atoms with van der Waals surface area (Å²) in [5, 5.41) is 48.9. The van der Waals surface area contributed by atoms with Crippen LogP contribution in [0.2, 0.25) is 0 Å². The van der Waals surface area contributed by atoms with Gasteiger partial charge in [-0.05, 0) is 33.6 Å². The Morgan fingerprint density at radius 1 is 0.706 bits per heavy atom. The van der Waals surface area contributed by atoms with Crippen molar-refractivity contribution in [3.8, 4) is 0 Å². The molecule has 108 valence electrons. The van der Waals surface area contributed by atoms with Crippen LogP contribution >= 0.6 is 0 Å². The Balaban J connectivity index is -0.000000174. The minimum atomic E-state index is -0.593. The maximum atomic E-state index is 8.38. The van der Waals surface area contributed by atoms with E-state index in [4.69, 9.17) is 30.6 Å². The van der Waals surface area contributed by atoms with Gasteiger partial charge in [-0.25, -0.2) is 0 Å². The fraction of sp³-hybridized carbons (Fsp3) is 1.00. The highest BCUT2D eigenvalue weighted by molar-refractivity contribution is 4.50. The largest absolute Gasteiger partial charge is 0.396 e. The van der Waals surface area contributed by atoms with Crippen LogP contribution in [0.15, 0.2) is 0 Å². The highest BCUT2D eigenvalue weighted by atomic mass is 16.3. The lowest BCUT2D eigenvalue weighted by atomic mass is 10.3. The molecule has 0 radical (unpaired) electrons. The van der Waals surface area contributed by atoms with Crippen molar-refractivity contribution in [2.75, 3.05) is 19.8 Å². The molecule has 3 unspecified atom stereocenters. The molecule has 6 heteroatoms. The molecule has 0 heterocycles. The molecule has 0 aliphatic carbocycles. The molecule has 6 nitrogen and oxygen atoms in total. The summed E-state index contributed by atoms with van der Waals surface area (Å²) in [5.74, 6) is 0. The third kappa shape index (κ3) is 38.9. The van der Waals surface area contributed by atoms with Crippen molar-refractivity contribution >= 4 is 0 Å². The normalized spacial score (nSPS) is 14.6. The molecule has 0 saturated carbocycles. The molecule has 0 saturated heterocycles. The van der Waals surface area contributed by atoms with Crippen LogP contribution in [0.1, 0.15) is 33.6 Å². The zero-order valence-corrected chi connectivity index (χ0v) is 11.0. The van der Waals surface area contributed by atoms with E-state index >= 15 is 0 Å². The number of unbranched alkanes of at least 4 members (excludes halogenated alkanes) is 1. The second-order valence-electron chi connectivity index (χ2n) is 3.67. The van der Waals surface area contributed by atoms with E-state index in [0.717, 1.165) is 12.8 Å². The predicted octanol–water partition coefficient (Wildman–Crippen LogP) is -1.14. The van der Waals surface area contributed by atoms with Crippen LogP contribution < -0.4 is 0 Å². The van der Waals surface area contributed by atoms with Crippen LogP contribution in [-0.2, 0) is 0 Å². The van der Waals surface area contributed by atoms with Gasteiger partial charge in [-0.15, -0.1) is 0 Å². The van der Waals surface area contributed by atoms with Gasteiger partial charge in [0.15, 0.2) is 0 Å². The Morgan fingerprint density at radius 2 is 0.941 bits per heavy atom. The van der Waals surface area contributed by atoms with Gasteiger partial charge in [0.05, 0.1) is 24.9 Å². The van der Waals surface area contributed by atoms with Crippen molar-refractivity contribution in [1.82, 2.24) is 0 Å². The highest BCUT2D eigenvalue weighted by Gasteiger charge is 1.99. The van der Waals surface area contributed by atoms with Crippen LogP contribution in [0.5, 0.6) is 0 Å². The summed E-state index contributed by atoms with van der Waals surface area (Å²) in [5.41, 5.74) is 0. The lowest BCUT2D eigenvalue weighted by Gasteiger charge is -2.03. The molecular formula is C11H28O6. The zero-order valence-electron chi connectivity index (χ0n) is 11.0. The van der Waals surface area contributed by atoms with Gasteiger partial charge < -0.3 is 30.6 Å². The van der Waals surface area contributed by atoms with E-state index in [1.165, 1.54) is 6.92 Å². The topological polar surface area (TPSA) is 121 Å². The number of hydrogen-bond donors (Lipinski definition) is 6. The van der Waals surface area contributed by atoms with Gasteiger partial charge in [-0.3, -0.25) is 0 Å². The lowest BCUT2D eigenvalue weighted by molar-refractivity contribution is 0.0438. The lowest BCUT2D eigenvalue weighted by Crippen LogP contribution is -2.17. The van der Waals surface area contributed by atoms with E-state index in [1.807, 2.05) is 0 Å². The first-order chi connectivity index (χ1) is 7.83. The van der Waals surface area contributed by atoms with E-state index in [2.05, 4.69) is 0 Å². The predicted molar refractivity (Wildman–Crippen MR) is 65.5 cm³/mol. The molecule has 0 aliphatic rings. The van der Waals surface area contributed by atoms with Crippen LogP contribution in [0.3, 0.4) is 0 Å². The monoisotopic (exact) mass is 256 g/mol. The molecule has 3 atom stereocenters. The molecule has 0 spiro atoms. The summed E-state index contributed by atoms with van der Waals surface area (Å²) in [6, 6.07) is 0. The molecule has 0 fully saturated rings. The number of rotatable bonds is 5. The van der Waals surface area contributed by atoms with Crippen molar-refractivity contribution in [1.29, 1.82) is 0 Å². The van der Waals surface area contributed by atoms with Crippen molar-refractivity contribution in [2.24, 2.45) is 0 Å². The molecule has 0 bridgehead atoms. The maximum absolute atomic E-state index is 8.38. The number of hydrogen-bond acceptors (Lipinski definition) is 6. The zero-order chi connectivity index (χ0) is 14.3. The van der Waals surface area contributed by atoms with Gasteiger partial charge in [0.25, 0.3) is 0 Å². The Bertz CT molecular complexity index is 107. The minimum Gasteiger partial charge on any atom is -0.396 e. The Morgan fingerprint density at radius 3 is 1.00 bits per heavy atom. The van der Waals surface area contributed by atoms with E-state index in [1.54, 1.807) is 13.8 Å². The van der Waals surface area contributed by atoms with Crippen molar-refractivity contribution in [3.05, 3.63) is 0 Å². The molecule has 17 heavy (non-hydrogen) atoms. The fourth-order valence-electron chi connectivity index (χ4n) is 0.224. The van der Waals surface area contributed by atoms with Crippen molar-refractivity contribution in [2.45, 2.75) is 51.9 Å². The van der Waals surface area contributed by atoms with Crippen molar-refractivity contribution < 1.29 is 30.6 Å². The average Bonchev–Trinajstić information content (AvgIpc) is 2.27. The molecule has 0 aromatic rings. The first-order valence-corrected chi connectivity index (χ1v) is 5.70. The maximum Gasteiger partial charge on any atom is 0.0768 e. The van der Waals surface area contributed by atoms with Crippen LogP contribution in [0, 0.1) is 0 Å². The molecule has 0 aromatic heterocycles. The van der Waals surface area contributed by atoms with E-state index in [0.29, 0.717) is 0 Å². The number of aliphatic hydroxyl groups excluding tert-OH is 6. The van der Waals surface area contributed by atoms with E-state index in [9.17, 15) is 0 Å². The van der Waals surface area contributed by atoms with Gasteiger partial charge in [-0.1, -0.05) is 0 Å². The second-order valence-corrected chi connectivity index (χ2v) is 3.67. The standard InChI is InChI=1S/2C4H10O2.C3H8O2/c1-3(5)4(2)6;5-3-1-2-4-6;1-3(5)2-4/h3-6H,1-2H3;5-6H,1-4H2;3-5H,2H2,1H3. The summed E-state index contributed by atoms with van der Waals surface area (Å²) in [6.45, 7) is 4.87. The van der Waals surface area contributed by atoms with Crippen LogP contribution in [-0.4, -0.2) is 68.8 Å². The van der Waals surface area contributed by atoms with Gasteiger partial charge in [-0.2, -0.15) is 0 Å². The smallest absolute Gasteiger partial charge is 0.0768 e. The summed E-state index contributed by atoms with van der Waals surface area (Å²) in [4.78, 5) is 0. The minimum absolute atomic E-state index is 0.139. The second kappa shape index (κ2) is 18.1. The van der Waals surface area contributed by atoms with Gasteiger partial charge in [0, 0.05) is 13.2 Å². The summed E-state index contributed by atoms with van der Waals surface area (Å²) in [7, 11) is 0. The molecule has 6 N–H and O–H groups in total. The third-order valence-corrected chi connectivity index (χ3v) is 1.53. The van der Waals surface area contributed by atoms with Crippen molar-refractivity contribution in [3.63, 3.8) is 0 Å². The summed E-state index contributed by atoms with van der Waals surface area (Å²) < 4.78 is 0. The summed E-state index contributed by atoms with van der Waals surface area (Å²) >= 11 is 0. The Hall–Kier alpha value is -0.240. The Labute approximate surface area is 103 Å². The molecule has 0 amide bonds. The first kappa shape index (κ1) is 22.0. The van der Waals surface area contributed by atoms with E-state index < -0.39 is 18.3 Å². The quantitative estimate of drug-likeness (QED) is 0.346.